The van der Waals surface area contributed by atoms with Gasteiger partial charge in [0.2, 0.25) is 11.8 Å². The van der Waals surface area contributed by atoms with Gasteiger partial charge in [0.15, 0.2) is 5.16 Å². The monoisotopic (exact) mass is 436 g/mol. The Balaban J connectivity index is 2.55. The molecule has 168 valence electrons. The molecule has 2 rings (SSSR count). The van der Waals surface area contributed by atoms with Crippen LogP contribution in [0.5, 0.6) is 11.8 Å². The molecule has 0 bridgehead atoms. The van der Waals surface area contributed by atoms with E-state index in [0.717, 1.165) is 32.1 Å². The van der Waals surface area contributed by atoms with Crippen LogP contribution in [0.2, 0.25) is 0 Å². The van der Waals surface area contributed by atoms with Gasteiger partial charge in [0.25, 0.3) is 0 Å². The van der Waals surface area contributed by atoms with Crippen molar-refractivity contribution in [2.45, 2.75) is 76.6 Å². The lowest BCUT2D eigenvalue weighted by molar-refractivity contribution is -0.148. The molecule has 0 radical (unpaired) electrons. The molecule has 1 aromatic rings. The Morgan fingerprint density at radius 1 is 1.13 bits per heavy atom. The molecule has 0 saturated heterocycles. The van der Waals surface area contributed by atoms with Crippen molar-refractivity contribution in [1.29, 1.82) is 0 Å². The van der Waals surface area contributed by atoms with E-state index in [0.29, 0.717) is 29.3 Å². The highest BCUT2D eigenvalue weighted by Gasteiger charge is 2.55. The molecule has 1 aliphatic carbocycles. The van der Waals surface area contributed by atoms with E-state index < -0.39 is 11.4 Å². The molecule has 1 heterocycles. The van der Waals surface area contributed by atoms with Gasteiger partial charge in [-0.3, -0.25) is 4.79 Å². The average Bonchev–Trinajstić information content (AvgIpc) is 2.73. The Bertz CT molecular complexity index is 730. The van der Waals surface area contributed by atoms with Crippen LogP contribution >= 0.6 is 11.8 Å². The number of unbranched alkanes of at least 4 members (excludes halogenated alkanes) is 2. The number of nitrogens with zero attached hydrogens (tertiary/aromatic N) is 2. The summed E-state index contributed by atoms with van der Waals surface area (Å²) in [5.74, 6) is 0.342. The highest BCUT2D eigenvalue weighted by Crippen LogP contribution is 2.56. The molecule has 3 unspecified atom stereocenters. The Hall–Kier alpha value is -1.76. The minimum absolute atomic E-state index is 0.224. The highest BCUT2D eigenvalue weighted by molar-refractivity contribution is 7.99. The van der Waals surface area contributed by atoms with E-state index in [1.807, 2.05) is 6.08 Å². The van der Waals surface area contributed by atoms with Crippen molar-refractivity contribution in [1.82, 2.24) is 9.97 Å². The maximum Gasteiger partial charge on any atom is 0.314 e. The van der Waals surface area contributed by atoms with Crippen LogP contribution in [-0.2, 0) is 4.79 Å². The molecule has 1 N–H and O–H groups in total. The Morgan fingerprint density at radius 3 is 2.23 bits per heavy atom. The van der Waals surface area contributed by atoms with Crippen molar-refractivity contribution in [2.75, 3.05) is 14.2 Å². The van der Waals surface area contributed by atoms with Crippen LogP contribution in [0, 0.1) is 16.7 Å². The van der Waals surface area contributed by atoms with Gasteiger partial charge in [-0.1, -0.05) is 77.3 Å². The van der Waals surface area contributed by atoms with Gasteiger partial charge >= 0.3 is 5.97 Å². The molecule has 1 aromatic heterocycles. The molecule has 30 heavy (non-hydrogen) atoms. The van der Waals surface area contributed by atoms with E-state index in [2.05, 4.69) is 43.7 Å². The van der Waals surface area contributed by atoms with Crippen molar-refractivity contribution >= 4 is 17.7 Å². The lowest BCUT2D eigenvalue weighted by Gasteiger charge is -2.50. The normalized spacial score (nSPS) is 25.1. The fourth-order valence-corrected chi connectivity index (χ4v) is 5.84. The number of thioether (sulfide) groups is 1. The second-order valence-electron chi connectivity index (χ2n) is 8.61. The largest absolute Gasteiger partial charge is 0.481 e. The van der Waals surface area contributed by atoms with Gasteiger partial charge in [-0.2, -0.15) is 9.97 Å². The van der Waals surface area contributed by atoms with Crippen molar-refractivity contribution in [2.24, 2.45) is 16.7 Å². The maximum atomic E-state index is 12.7. The first-order valence-electron chi connectivity index (χ1n) is 10.8. The number of hydrogen-bond donors (Lipinski definition) is 1. The standard InChI is InChI=1S/C23H36N2O4S/c1-7-9-11-16-12-14-23(20(26)27,13-10-8-2)19(22(16,3)4)30-21-24-17(28-5)15-18(25-21)29-6/h12,14-16,19H,7-11,13H2,1-6H3,(H,26,27). The number of rotatable bonds is 11. The minimum Gasteiger partial charge on any atom is -0.481 e. The summed E-state index contributed by atoms with van der Waals surface area (Å²) in [6.07, 6.45) is 9.80. The Labute approximate surface area is 184 Å². The van der Waals surface area contributed by atoms with Gasteiger partial charge in [0.1, 0.15) is 0 Å². The molecule has 0 spiro atoms. The fraction of sp³-hybridized carbons (Fsp3) is 0.696. The fourth-order valence-electron chi connectivity index (χ4n) is 4.36. The van der Waals surface area contributed by atoms with E-state index in [-0.39, 0.29) is 10.7 Å². The molecule has 0 amide bonds. The summed E-state index contributed by atoms with van der Waals surface area (Å²) in [4.78, 5) is 21.7. The zero-order valence-corrected chi connectivity index (χ0v) is 19.9. The predicted molar refractivity (Wildman–Crippen MR) is 120 cm³/mol. The number of ether oxygens (including phenoxy) is 2. The smallest absolute Gasteiger partial charge is 0.314 e. The van der Waals surface area contributed by atoms with Gasteiger partial charge in [-0.15, -0.1) is 0 Å². The van der Waals surface area contributed by atoms with Gasteiger partial charge in [0.05, 0.1) is 25.7 Å². The number of carbonyl (C=O) groups is 1. The molecule has 3 atom stereocenters. The highest BCUT2D eigenvalue weighted by atomic mass is 32.2. The second-order valence-corrected chi connectivity index (χ2v) is 9.68. The first kappa shape index (κ1) is 24.5. The van der Waals surface area contributed by atoms with Crippen LogP contribution in [0.3, 0.4) is 0 Å². The van der Waals surface area contributed by atoms with Crippen molar-refractivity contribution in [3.05, 3.63) is 18.2 Å². The number of carboxylic acids is 1. The van der Waals surface area contributed by atoms with Crippen LogP contribution in [-0.4, -0.2) is 40.5 Å². The van der Waals surface area contributed by atoms with Crippen LogP contribution in [0.15, 0.2) is 23.4 Å². The first-order chi connectivity index (χ1) is 14.2. The number of aromatic nitrogens is 2. The molecule has 0 aromatic carbocycles. The SMILES string of the molecule is CCCCC1C=CC(CCCC)(C(=O)O)C(Sc2nc(OC)cc(OC)n2)C1(C)C. The van der Waals surface area contributed by atoms with Crippen molar-refractivity contribution < 1.29 is 19.4 Å². The molecular formula is C23H36N2O4S. The topological polar surface area (TPSA) is 81.5 Å². The molecule has 0 saturated carbocycles. The third-order valence-corrected chi connectivity index (χ3v) is 7.89. The lowest BCUT2D eigenvalue weighted by atomic mass is 9.59. The third kappa shape index (κ3) is 5.10. The minimum atomic E-state index is -0.966. The van der Waals surface area contributed by atoms with Gasteiger partial charge < -0.3 is 14.6 Å². The summed E-state index contributed by atoms with van der Waals surface area (Å²) in [5.41, 5.74) is -1.22. The summed E-state index contributed by atoms with van der Waals surface area (Å²) in [7, 11) is 3.10. The van der Waals surface area contributed by atoms with Gasteiger partial charge in [0, 0.05) is 5.25 Å². The van der Waals surface area contributed by atoms with Crippen LogP contribution in [0.25, 0.3) is 0 Å². The molecule has 6 nitrogen and oxygen atoms in total. The van der Waals surface area contributed by atoms with Gasteiger partial charge in [-0.05, 0) is 24.2 Å². The van der Waals surface area contributed by atoms with E-state index in [1.165, 1.54) is 11.8 Å². The predicted octanol–water partition coefficient (Wildman–Crippen LogP) is 5.62. The summed E-state index contributed by atoms with van der Waals surface area (Å²) < 4.78 is 10.6. The first-order valence-corrected chi connectivity index (χ1v) is 11.7. The number of allylic oxidation sites excluding steroid dienone is 1. The number of aliphatic carboxylic acids is 1. The molecule has 7 heteroatoms. The van der Waals surface area contributed by atoms with E-state index >= 15 is 0 Å². The van der Waals surface area contributed by atoms with Crippen molar-refractivity contribution in [3.8, 4) is 11.8 Å². The second kappa shape index (κ2) is 10.5. The molecule has 0 aliphatic heterocycles. The molecular weight excluding hydrogens is 400 g/mol. The molecule has 0 fully saturated rings. The number of hydrogen-bond acceptors (Lipinski definition) is 6. The quantitative estimate of drug-likeness (QED) is 0.356. The maximum absolute atomic E-state index is 12.7. The van der Waals surface area contributed by atoms with Crippen LogP contribution < -0.4 is 9.47 Å². The van der Waals surface area contributed by atoms with Crippen LogP contribution in [0.4, 0.5) is 0 Å². The zero-order chi connectivity index (χ0) is 22.4. The Morgan fingerprint density at radius 2 is 1.73 bits per heavy atom. The summed E-state index contributed by atoms with van der Waals surface area (Å²) >= 11 is 1.44. The van der Waals surface area contributed by atoms with Crippen LogP contribution in [0.1, 0.15) is 66.2 Å². The van der Waals surface area contributed by atoms with Gasteiger partial charge in [-0.25, -0.2) is 0 Å². The van der Waals surface area contributed by atoms with Crippen molar-refractivity contribution in [3.63, 3.8) is 0 Å². The zero-order valence-electron chi connectivity index (χ0n) is 19.1. The Kier molecular flexibility index (Phi) is 8.59. The van der Waals surface area contributed by atoms with E-state index in [1.54, 1.807) is 20.3 Å². The average molecular weight is 437 g/mol. The molecule has 1 aliphatic rings. The third-order valence-electron chi connectivity index (χ3n) is 6.24. The summed E-state index contributed by atoms with van der Waals surface area (Å²) in [5, 5.41) is 10.7. The number of carboxylic acid groups (broad SMARTS) is 1. The van der Waals surface area contributed by atoms with E-state index in [9.17, 15) is 9.90 Å². The summed E-state index contributed by atoms with van der Waals surface area (Å²) in [6, 6.07) is 1.63. The lowest BCUT2D eigenvalue weighted by Crippen LogP contribution is -2.52. The summed E-state index contributed by atoms with van der Waals surface area (Å²) in [6.45, 7) is 8.66. The van der Waals surface area contributed by atoms with E-state index in [4.69, 9.17) is 9.47 Å². The number of methoxy groups -OCH3 is 2.